The molecule has 0 radical (unpaired) electrons. The van der Waals surface area contributed by atoms with Gasteiger partial charge >= 0.3 is 0 Å². The maximum atomic E-state index is 11.4. The lowest BCUT2D eigenvalue weighted by molar-refractivity contribution is -0.123. The zero-order valence-electron chi connectivity index (χ0n) is 9.55. The minimum absolute atomic E-state index is 0.180. The molecule has 0 aromatic heterocycles. The standard InChI is InChI=1S/C12H21NO/c1-10(2)7-9-13-8-5-4-6-12(13)11(3)14/h7,12H,4-6,8-9H2,1-3H3. The van der Waals surface area contributed by atoms with Crippen molar-refractivity contribution in [1.82, 2.24) is 4.90 Å². The molecule has 1 unspecified atom stereocenters. The van der Waals surface area contributed by atoms with E-state index in [0.717, 1.165) is 19.5 Å². The fourth-order valence-electron chi connectivity index (χ4n) is 1.97. The maximum absolute atomic E-state index is 11.4. The summed E-state index contributed by atoms with van der Waals surface area (Å²) < 4.78 is 0. The third-order valence-electron chi connectivity index (χ3n) is 2.82. The summed E-state index contributed by atoms with van der Waals surface area (Å²) in [6, 6.07) is 0.180. The first-order valence-corrected chi connectivity index (χ1v) is 5.49. The quantitative estimate of drug-likeness (QED) is 0.644. The number of piperidine rings is 1. The van der Waals surface area contributed by atoms with Gasteiger partial charge in [-0.15, -0.1) is 0 Å². The monoisotopic (exact) mass is 195 g/mol. The van der Waals surface area contributed by atoms with Crippen molar-refractivity contribution >= 4 is 5.78 Å². The molecule has 0 saturated carbocycles. The van der Waals surface area contributed by atoms with Gasteiger partial charge in [0.05, 0.1) is 6.04 Å². The Morgan fingerprint density at radius 1 is 1.36 bits per heavy atom. The number of hydrogen-bond acceptors (Lipinski definition) is 2. The summed E-state index contributed by atoms with van der Waals surface area (Å²) in [5.74, 6) is 0.326. The molecule has 0 aromatic rings. The van der Waals surface area contributed by atoms with Crippen LogP contribution in [0.4, 0.5) is 0 Å². The van der Waals surface area contributed by atoms with E-state index in [1.54, 1.807) is 6.92 Å². The number of hydrogen-bond donors (Lipinski definition) is 0. The lowest BCUT2D eigenvalue weighted by atomic mass is 9.99. The third kappa shape index (κ3) is 3.26. The summed E-state index contributed by atoms with van der Waals surface area (Å²) >= 11 is 0. The number of allylic oxidation sites excluding steroid dienone is 1. The lowest BCUT2D eigenvalue weighted by Gasteiger charge is -2.33. The van der Waals surface area contributed by atoms with Gasteiger partial charge in [0.15, 0.2) is 0 Å². The van der Waals surface area contributed by atoms with Crippen molar-refractivity contribution in [2.45, 2.75) is 46.1 Å². The Morgan fingerprint density at radius 3 is 2.64 bits per heavy atom. The van der Waals surface area contributed by atoms with Gasteiger partial charge in [0.1, 0.15) is 5.78 Å². The first-order valence-electron chi connectivity index (χ1n) is 5.49. The van der Waals surface area contributed by atoms with Crippen LogP contribution in [0.15, 0.2) is 11.6 Å². The molecule has 1 aliphatic heterocycles. The van der Waals surface area contributed by atoms with Crippen LogP contribution in [0.1, 0.15) is 40.0 Å². The van der Waals surface area contributed by atoms with E-state index in [1.165, 1.54) is 18.4 Å². The molecule has 14 heavy (non-hydrogen) atoms. The van der Waals surface area contributed by atoms with Crippen LogP contribution >= 0.6 is 0 Å². The second-order valence-corrected chi connectivity index (χ2v) is 4.40. The van der Waals surface area contributed by atoms with Crippen LogP contribution in [0.5, 0.6) is 0 Å². The highest BCUT2D eigenvalue weighted by molar-refractivity contribution is 5.81. The van der Waals surface area contributed by atoms with E-state index < -0.39 is 0 Å². The number of nitrogens with zero attached hydrogens (tertiary/aromatic N) is 1. The first kappa shape index (κ1) is 11.4. The molecule has 1 aliphatic rings. The second-order valence-electron chi connectivity index (χ2n) is 4.40. The van der Waals surface area contributed by atoms with Crippen LogP contribution < -0.4 is 0 Å². The molecular formula is C12H21NO. The molecule has 80 valence electrons. The van der Waals surface area contributed by atoms with Crippen molar-refractivity contribution < 1.29 is 4.79 Å². The maximum Gasteiger partial charge on any atom is 0.146 e. The summed E-state index contributed by atoms with van der Waals surface area (Å²) in [5.41, 5.74) is 1.33. The van der Waals surface area contributed by atoms with Gasteiger partial charge < -0.3 is 0 Å². The van der Waals surface area contributed by atoms with Gasteiger partial charge in [-0.2, -0.15) is 0 Å². The Bertz CT molecular complexity index is 228. The van der Waals surface area contributed by atoms with E-state index in [9.17, 15) is 4.79 Å². The van der Waals surface area contributed by atoms with Crippen LogP contribution in [0.2, 0.25) is 0 Å². The Balaban J connectivity index is 2.54. The Hall–Kier alpha value is -0.630. The van der Waals surface area contributed by atoms with Crippen molar-refractivity contribution in [2.24, 2.45) is 0 Å². The van der Waals surface area contributed by atoms with E-state index in [4.69, 9.17) is 0 Å². The van der Waals surface area contributed by atoms with Crippen molar-refractivity contribution in [3.05, 3.63) is 11.6 Å². The highest BCUT2D eigenvalue weighted by atomic mass is 16.1. The highest BCUT2D eigenvalue weighted by Gasteiger charge is 2.24. The van der Waals surface area contributed by atoms with E-state index in [1.807, 2.05) is 0 Å². The number of carbonyl (C=O) groups excluding carboxylic acids is 1. The summed E-state index contributed by atoms with van der Waals surface area (Å²) in [6.45, 7) is 7.94. The summed E-state index contributed by atoms with van der Waals surface area (Å²) in [6.07, 6.45) is 5.70. The van der Waals surface area contributed by atoms with Crippen LogP contribution in [-0.4, -0.2) is 29.8 Å². The van der Waals surface area contributed by atoms with Gasteiger partial charge in [0.25, 0.3) is 0 Å². The molecule has 0 N–H and O–H groups in total. The smallest absolute Gasteiger partial charge is 0.146 e. The van der Waals surface area contributed by atoms with Crippen LogP contribution in [-0.2, 0) is 4.79 Å². The number of Topliss-reactive ketones (excluding diaryl/α,β-unsaturated/α-hetero) is 1. The molecule has 1 rings (SSSR count). The Morgan fingerprint density at radius 2 is 2.07 bits per heavy atom. The second kappa shape index (κ2) is 5.30. The van der Waals surface area contributed by atoms with Crippen LogP contribution in [0.25, 0.3) is 0 Å². The van der Waals surface area contributed by atoms with Crippen molar-refractivity contribution in [3.8, 4) is 0 Å². The van der Waals surface area contributed by atoms with Crippen LogP contribution in [0, 0.1) is 0 Å². The molecule has 1 atom stereocenters. The van der Waals surface area contributed by atoms with Crippen LogP contribution in [0.3, 0.4) is 0 Å². The molecule has 2 nitrogen and oxygen atoms in total. The van der Waals surface area contributed by atoms with Gasteiger partial charge in [0.2, 0.25) is 0 Å². The van der Waals surface area contributed by atoms with E-state index in [0.29, 0.717) is 5.78 Å². The highest BCUT2D eigenvalue weighted by Crippen LogP contribution is 2.17. The molecule has 0 aromatic carbocycles. The molecule has 0 bridgehead atoms. The first-order chi connectivity index (χ1) is 6.61. The Labute approximate surface area is 87.0 Å². The number of likely N-dealkylation sites (tertiary alicyclic amines) is 1. The molecule has 1 saturated heterocycles. The fraction of sp³-hybridized carbons (Fsp3) is 0.750. The lowest BCUT2D eigenvalue weighted by Crippen LogP contribution is -2.43. The number of carbonyl (C=O) groups is 1. The van der Waals surface area contributed by atoms with Crippen molar-refractivity contribution in [2.75, 3.05) is 13.1 Å². The molecule has 1 fully saturated rings. The molecular weight excluding hydrogens is 174 g/mol. The predicted octanol–water partition coefficient (Wildman–Crippen LogP) is 2.40. The van der Waals surface area contributed by atoms with Crippen molar-refractivity contribution in [3.63, 3.8) is 0 Å². The molecule has 0 amide bonds. The summed E-state index contributed by atoms with van der Waals surface area (Å²) in [5, 5.41) is 0. The zero-order valence-corrected chi connectivity index (χ0v) is 9.55. The topological polar surface area (TPSA) is 20.3 Å². The van der Waals surface area contributed by atoms with E-state index >= 15 is 0 Å². The van der Waals surface area contributed by atoms with Crippen molar-refractivity contribution in [1.29, 1.82) is 0 Å². The van der Waals surface area contributed by atoms with Gasteiger partial charge in [-0.1, -0.05) is 18.1 Å². The van der Waals surface area contributed by atoms with Gasteiger partial charge in [0, 0.05) is 6.54 Å². The minimum atomic E-state index is 0.180. The summed E-state index contributed by atoms with van der Waals surface area (Å²) in [4.78, 5) is 13.7. The van der Waals surface area contributed by atoms with Gasteiger partial charge in [-0.25, -0.2) is 0 Å². The zero-order chi connectivity index (χ0) is 10.6. The fourth-order valence-corrected chi connectivity index (χ4v) is 1.97. The van der Waals surface area contributed by atoms with Gasteiger partial charge in [-0.05, 0) is 40.2 Å². The molecule has 2 heteroatoms. The average Bonchev–Trinajstić information content (AvgIpc) is 2.15. The van der Waals surface area contributed by atoms with Gasteiger partial charge in [-0.3, -0.25) is 9.69 Å². The SMILES string of the molecule is CC(=O)C1CCCCN1CC=C(C)C. The summed E-state index contributed by atoms with van der Waals surface area (Å²) in [7, 11) is 0. The number of ketones is 1. The molecule has 0 aliphatic carbocycles. The van der Waals surface area contributed by atoms with E-state index in [-0.39, 0.29) is 6.04 Å². The predicted molar refractivity (Wildman–Crippen MR) is 59.3 cm³/mol. The molecule has 1 heterocycles. The minimum Gasteiger partial charge on any atom is -0.298 e. The third-order valence-corrected chi connectivity index (χ3v) is 2.82. The number of rotatable bonds is 3. The average molecular weight is 195 g/mol. The normalized spacial score (nSPS) is 23.2. The van der Waals surface area contributed by atoms with E-state index in [2.05, 4.69) is 24.8 Å². The largest absolute Gasteiger partial charge is 0.298 e. The molecule has 0 spiro atoms. The Kier molecular flexibility index (Phi) is 4.33.